The van der Waals surface area contributed by atoms with E-state index >= 15 is 4.39 Å². The highest BCUT2D eigenvalue weighted by atomic mass is 79.9. The molecule has 1 aliphatic rings. The molecule has 0 aromatic heterocycles. The van der Waals surface area contributed by atoms with Crippen molar-refractivity contribution >= 4 is 39.1 Å². The summed E-state index contributed by atoms with van der Waals surface area (Å²) in [7, 11) is 0. The summed E-state index contributed by atoms with van der Waals surface area (Å²) in [5, 5.41) is 10.8. The number of carbonyl (C=O) groups is 2. The van der Waals surface area contributed by atoms with Gasteiger partial charge >= 0.3 is 24.2 Å². The predicted molar refractivity (Wildman–Crippen MR) is 149 cm³/mol. The molecule has 250 valence electrons. The van der Waals surface area contributed by atoms with Gasteiger partial charge in [0.15, 0.2) is 5.82 Å². The number of nitrogens with one attached hydrogen (secondary N) is 1. The molecule has 3 aromatic rings. The first-order chi connectivity index (χ1) is 21.6. The Morgan fingerprint density at radius 3 is 2.06 bits per heavy atom. The molecule has 1 N–H and O–H groups in total. The van der Waals surface area contributed by atoms with Crippen molar-refractivity contribution < 1.29 is 57.9 Å². The Bertz CT molecular complexity index is 1760. The first kappa shape index (κ1) is 35.7. The standard InChI is InChI=1S/C30H19BrF11N3O2/c1-14-9-16(12-43)7-8-18(14)26(47)45(13-15-5-6-15)22-4-2-3-19(23(22)32)25(46)44-24-20(28(34,35)36)10-17(11-21(24)31)27(33,29(37,38)39)30(40,41)42/h2-4,7-11,15H,5-6,13H2,1H3,(H,44,46). The highest BCUT2D eigenvalue weighted by Crippen LogP contribution is 2.55. The summed E-state index contributed by atoms with van der Waals surface area (Å²) < 4.78 is 151. The fraction of sp³-hybridized carbons (Fsp3) is 0.300. The Morgan fingerprint density at radius 1 is 0.936 bits per heavy atom. The number of amides is 2. The fourth-order valence-corrected chi connectivity index (χ4v) is 5.26. The van der Waals surface area contributed by atoms with Gasteiger partial charge in [-0.1, -0.05) is 6.07 Å². The van der Waals surface area contributed by atoms with Crippen LogP contribution < -0.4 is 10.2 Å². The Kier molecular flexibility index (Phi) is 9.43. The van der Waals surface area contributed by atoms with E-state index in [1.807, 2.05) is 6.07 Å². The molecule has 0 unspecified atom stereocenters. The van der Waals surface area contributed by atoms with Gasteiger partial charge in [0.05, 0.1) is 34.1 Å². The van der Waals surface area contributed by atoms with E-state index in [1.54, 1.807) is 5.32 Å². The maximum atomic E-state index is 15.9. The van der Waals surface area contributed by atoms with Gasteiger partial charge < -0.3 is 10.2 Å². The van der Waals surface area contributed by atoms with E-state index in [1.165, 1.54) is 25.1 Å². The third-order valence-corrected chi connectivity index (χ3v) is 7.92. The average Bonchev–Trinajstić information content (AvgIpc) is 3.78. The SMILES string of the molecule is Cc1cc(C#N)ccc1C(=O)N(CC1CC1)c1cccc(C(=O)Nc2c(Br)cc(C(F)(C(F)(F)F)C(F)(F)F)cc2C(F)(F)F)c1F. The lowest BCUT2D eigenvalue weighted by atomic mass is 9.92. The molecule has 5 nitrogen and oxygen atoms in total. The molecule has 0 bridgehead atoms. The molecule has 17 heteroatoms. The zero-order chi connectivity index (χ0) is 35.3. The summed E-state index contributed by atoms with van der Waals surface area (Å²) in [4.78, 5) is 27.7. The summed E-state index contributed by atoms with van der Waals surface area (Å²) >= 11 is 2.39. The molecule has 2 amide bonds. The van der Waals surface area contributed by atoms with Crippen molar-refractivity contribution in [1.82, 2.24) is 0 Å². The second-order valence-electron chi connectivity index (χ2n) is 10.6. The van der Waals surface area contributed by atoms with Crippen LogP contribution in [0.25, 0.3) is 0 Å². The van der Waals surface area contributed by atoms with Crippen molar-refractivity contribution in [2.45, 2.75) is 44.0 Å². The van der Waals surface area contributed by atoms with Gasteiger partial charge in [-0.2, -0.15) is 44.8 Å². The minimum Gasteiger partial charge on any atom is -0.320 e. The van der Waals surface area contributed by atoms with Gasteiger partial charge in [-0.3, -0.25) is 9.59 Å². The molecule has 1 fully saturated rings. The molecule has 1 aliphatic carbocycles. The summed E-state index contributed by atoms with van der Waals surface area (Å²) in [5.41, 5.74) is -13.1. The quantitative estimate of drug-likeness (QED) is 0.246. The lowest BCUT2D eigenvalue weighted by Crippen LogP contribution is -2.50. The number of anilines is 2. The lowest BCUT2D eigenvalue weighted by Gasteiger charge is -2.31. The van der Waals surface area contributed by atoms with E-state index in [-0.39, 0.29) is 29.7 Å². The largest absolute Gasteiger partial charge is 0.435 e. The molecule has 0 aliphatic heterocycles. The number of carbonyl (C=O) groups excluding carboxylic acids is 2. The van der Waals surface area contributed by atoms with Crippen LogP contribution in [0.2, 0.25) is 0 Å². The first-order valence-electron chi connectivity index (χ1n) is 13.3. The minimum absolute atomic E-state index is 0.0190. The third kappa shape index (κ3) is 6.92. The van der Waals surface area contributed by atoms with Crippen LogP contribution in [-0.2, 0) is 11.8 Å². The van der Waals surface area contributed by atoms with Crippen LogP contribution in [0.1, 0.15) is 55.8 Å². The fourth-order valence-electron chi connectivity index (χ4n) is 4.70. The molecule has 0 saturated heterocycles. The normalized spacial score (nSPS) is 14.0. The second kappa shape index (κ2) is 12.4. The van der Waals surface area contributed by atoms with E-state index in [0.29, 0.717) is 18.4 Å². The van der Waals surface area contributed by atoms with Crippen molar-refractivity contribution in [2.24, 2.45) is 5.92 Å². The molecular formula is C30H19BrF11N3O2. The van der Waals surface area contributed by atoms with Crippen LogP contribution in [0.5, 0.6) is 0 Å². The van der Waals surface area contributed by atoms with E-state index in [4.69, 9.17) is 5.26 Å². The number of rotatable bonds is 7. The van der Waals surface area contributed by atoms with Crippen molar-refractivity contribution in [3.8, 4) is 6.07 Å². The summed E-state index contributed by atoms with van der Waals surface area (Å²) in [6, 6.07) is 8.07. The molecule has 4 rings (SSSR count). The molecule has 3 aromatic carbocycles. The van der Waals surface area contributed by atoms with Gasteiger partial charge in [0.1, 0.15) is 0 Å². The maximum Gasteiger partial charge on any atom is 0.435 e. The Morgan fingerprint density at radius 2 is 1.55 bits per heavy atom. The van der Waals surface area contributed by atoms with Gasteiger partial charge in [0.25, 0.3) is 11.8 Å². The van der Waals surface area contributed by atoms with Gasteiger partial charge in [0, 0.05) is 22.1 Å². The van der Waals surface area contributed by atoms with Crippen LogP contribution in [0, 0.1) is 30.0 Å². The van der Waals surface area contributed by atoms with Crippen molar-refractivity contribution in [2.75, 3.05) is 16.8 Å². The van der Waals surface area contributed by atoms with Crippen LogP contribution in [0.15, 0.2) is 53.0 Å². The minimum atomic E-state index is -6.73. The summed E-state index contributed by atoms with van der Waals surface area (Å²) in [6.07, 6.45) is -17.8. The van der Waals surface area contributed by atoms with Gasteiger partial charge in [-0.15, -0.1) is 0 Å². The number of nitriles is 1. The van der Waals surface area contributed by atoms with E-state index in [9.17, 15) is 53.5 Å². The summed E-state index contributed by atoms with van der Waals surface area (Å²) in [5.74, 6) is -3.79. The third-order valence-electron chi connectivity index (χ3n) is 7.30. The highest BCUT2D eigenvalue weighted by Gasteiger charge is 2.73. The van der Waals surface area contributed by atoms with Crippen LogP contribution >= 0.6 is 15.9 Å². The molecular weight excluding hydrogens is 723 g/mol. The number of nitrogens with zero attached hydrogens (tertiary/aromatic N) is 2. The molecule has 0 heterocycles. The molecule has 0 spiro atoms. The number of hydrogen-bond acceptors (Lipinski definition) is 3. The molecule has 0 atom stereocenters. The Balaban J connectivity index is 1.78. The zero-order valence-electron chi connectivity index (χ0n) is 23.6. The molecule has 47 heavy (non-hydrogen) atoms. The summed E-state index contributed by atoms with van der Waals surface area (Å²) in [6.45, 7) is 1.51. The monoisotopic (exact) mass is 741 g/mol. The molecule has 0 radical (unpaired) electrons. The van der Waals surface area contributed by atoms with Crippen molar-refractivity contribution in [3.63, 3.8) is 0 Å². The van der Waals surface area contributed by atoms with Crippen LogP contribution in [0.3, 0.4) is 0 Å². The average molecular weight is 742 g/mol. The zero-order valence-corrected chi connectivity index (χ0v) is 25.1. The van der Waals surface area contributed by atoms with Crippen LogP contribution in [0.4, 0.5) is 59.7 Å². The predicted octanol–water partition coefficient (Wildman–Crippen LogP) is 9.39. The second-order valence-corrected chi connectivity index (χ2v) is 11.5. The lowest BCUT2D eigenvalue weighted by molar-refractivity contribution is -0.348. The first-order valence-corrected chi connectivity index (χ1v) is 14.1. The number of hydrogen-bond donors (Lipinski definition) is 1. The number of alkyl halides is 10. The Hall–Kier alpha value is -4.20. The number of benzene rings is 3. The van der Waals surface area contributed by atoms with E-state index in [0.717, 1.165) is 23.1 Å². The highest BCUT2D eigenvalue weighted by molar-refractivity contribution is 9.10. The molecule has 1 saturated carbocycles. The topological polar surface area (TPSA) is 73.2 Å². The van der Waals surface area contributed by atoms with Crippen molar-refractivity contribution in [1.29, 1.82) is 5.26 Å². The maximum absolute atomic E-state index is 15.9. The van der Waals surface area contributed by atoms with E-state index in [2.05, 4.69) is 15.9 Å². The van der Waals surface area contributed by atoms with Gasteiger partial charge in [-0.05, 0) is 89.6 Å². The van der Waals surface area contributed by atoms with Gasteiger partial charge in [0.2, 0.25) is 0 Å². The van der Waals surface area contributed by atoms with Crippen molar-refractivity contribution in [3.05, 3.63) is 92.2 Å². The van der Waals surface area contributed by atoms with E-state index < -0.39 is 80.4 Å². The smallest absolute Gasteiger partial charge is 0.320 e. The number of halogens is 12. The number of aryl methyl sites for hydroxylation is 1. The van der Waals surface area contributed by atoms with Crippen LogP contribution in [-0.4, -0.2) is 30.7 Å². The Labute approximate surface area is 267 Å². The van der Waals surface area contributed by atoms with Gasteiger partial charge in [-0.25, -0.2) is 8.78 Å².